The van der Waals surface area contributed by atoms with Gasteiger partial charge in [0, 0.05) is 38.3 Å². The van der Waals surface area contributed by atoms with Crippen LogP contribution in [0.3, 0.4) is 0 Å². The maximum Gasteiger partial charge on any atom is 0.254 e. The zero-order valence-corrected chi connectivity index (χ0v) is 16.2. The lowest BCUT2D eigenvalue weighted by Crippen LogP contribution is -2.42. The van der Waals surface area contributed by atoms with E-state index in [-0.39, 0.29) is 5.91 Å². The molecule has 2 heterocycles. The molecule has 0 aliphatic carbocycles. The summed E-state index contributed by atoms with van der Waals surface area (Å²) >= 11 is 0. The van der Waals surface area contributed by atoms with Crippen LogP contribution in [0.25, 0.3) is 0 Å². The third kappa shape index (κ3) is 6.35. The van der Waals surface area contributed by atoms with Gasteiger partial charge in [-0.25, -0.2) is 0 Å². The van der Waals surface area contributed by atoms with Gasteiger partial charge in [-0.05, 0) is 30.6 Å². The van der Waals surface area contributed by atoms with Crippen LogP contribution in [-0.2, 0) is 4.79 Å². The van der Waals surface area contributed by atoms with E-state index in [0.29, 0.717) is 31.8 Å². The van der Waals surface area contributed by atoms with Gasteiger partial charge in [-0.3, -0.25) is 9.69 Å². The SMILES string of the molecule is C=C/C=C\C1=C(C)CN(CC(O)CN2CCC(=C)/C=C\C=C/C(=C)C2)C1=O. The van der Waals surface area contributed by atoms with Crippen molar-refractivity contribution < 1.29 is 9.90 Å². The molecule has 0 saturated heterocycles. The monoisotopic (exact) mass is 366 g/mol. The summed E-state index contributed by atoms with van der Waals surface area (Å²) in [6.07, 6.45) is 13.3. The Labute approximate surface area is 162 Å². The van der Waals surface area contributed by atoms with E-state index in [2.05, 4.69) is 24.6 Å². The highest BCUT2D eigenvalue weighted by molar-refractivity contribution is 5.99. The molecule has 0 aromatic carbocycles. The summed E-state index contributed by atoms with van der Waals surface area (Å²) in [7, 11) is 0. The maximum absolute atomic E-state index is 12.5. The van der Waals surface area contributed by atoms with Gasteiger partial charge in [0.2, 0.25) is 0 Å². The zero-order valence-electron chi connectivity index (χ0n) is 16.2. The minimum Gasteiger partial charge on any atom is -0.390 e. The lowest BCUT2D eigenvalue weighted by Gasteiger charge is -2.28. The van der Waals surface area contributed by atoms with Crippen LogP contribution >= 0.6 is 0 Å². The number of hydrogen-bond donors (Lipinski definition) is 1. The van der Waals surface area contributed by atoms with Crippen LogP contribution in [0.1, 0.15) is 13.3 Å². The van der Waals surface area contributed by atoms with Crippen molar-refractivity contribution in [3.05, 3.63) is 84.6 Å². The lowest BCUT2D eigenvalue weighted by atomic mass is 10.1. The van der Waals surface area contributed by atoms with Crippen molar-refractivity contribution in [1.29, 1.82) is 0 Å². The largest absolute Gasteiger partial charge is 0.390 e. The predicted octanol–water partition coefficient (Wildman–Crippen LogP) is 3.18. The van der Waals surface area contributed by atoms with Crippen LogP contribution in [-0.4, -0.2) is 59.6 Å². The van der Waals surface area contributed by atoms with Crippen molar-refractivity contribution in [3.8, 4) is 0 Å². The van der Waals surface area contributed by atoms with E-state index in [1.165, 1.54) is 0 Å². The summed E-state index contributed by atoms with van der Waals surface area (Å²) in [6, 6.07) is 0. The van der Waals surface area contributed by atoms with Crippen molar-refractivity contribution in [2.75, 3.05) is 32.7 Å². The third-order valence-corrected chi connectivity index (χ3v) is 4.66. The Morgan fingerprint density at radius 1 is 1.19 bits per heavy atom. The standard InChI is InChI=1S/C23H30N2O2/c1-5-6-11-22-20(4)15-25(23(22)27)17-21(26)16-24-13-12-18(2)9-7-8-10-19(3)14-24/h5-11,21,26H,1-3,12-17H2,4H3/b9-7-,10-8-,11-6-. The molecule has 4 heteroatoms. The molecule has 0 spiro atoms. The molecule has 1 unspecified atom stereocenters. The fourth-order valence-electron chi connectivity index (χ4n) is 3.27. The van der Waals surface area contributed by atoms with Gasteiger partial charge in [-0.1, -0.05) is 61.8 Å². The predicted molar refractivity (Wildman–Crippen MR) is 112 cm³/mol. The molecule has 1 atom stereocenters. The second-order valence-corrected chi connectivity index (χ2v) is 7.15. The van der Waals surface area contributed by atoms with Crippen molar-refractivity contribution in [3.63, 3.8) is 0 Å². The Morgan fingerprint density at radius 2 is 1.89 bits per heavy atom. The molecule has 0 saturated carbocycles. The highest BCUT2D eigenvalue weighted by Gasteiger charge is 2.28. The quantitative estimate of drug-likeness (QED) is 0.734. The topological polar surface area (TPSA) is 43.8 Å². The van der Waals surface area contributed by atoms with E-state index in [1.807, 2.05) is 31.2 Å². The Balaban J connectivity index is 1.94. The summed E-state index contributed by atoms with van der Waals surface area (Å²) < 4.78 is 0. The number of nitrogens with zero attached hydrogens (tertiary/aromatic N) is 2. The van der Waals surface area contributed by atoms with E-state index in [0.717, 1.165) is 29.7 Å². The van der Waals surface area contributed by atoms with Crippen LogP contribution in [0.4, 0.5) is 0 Å². The number of carbonyl (C=O) groups is 1. The van der Waals surface area contributed by atoms with Gasteiger partial charge >= 0.3 is 0 Å². The second kappa shape index (κ2) is 10.0. The first-order valence-electron chi connectivity index (χ1n) is 9.29. The minimum atomic E-state index is -0.618. The van der Waals surface area contributed by atoms with Gasteiger partial charge in [0.25, 0.3) is 5.91 Å². The average Bonchev–Trinajstić information content (AvgIpc) is 2.87. The fourth-order valence-corrected chi connectivity index (χ4v) is 3.27. The second-order valence-electron chi connectivity index (χ2n) is 7.15. The Hall–Kier alpha value is -2.43. The lowest BCUT2D eigenvalue weighted by molar-refractivity contribution is -0.126. The zero-order chi connectivity index (χ0) is 19.8. The summed E-state index contributed by atoms with van der Waals surface area (Å²) in [6.45, 7) is 16.6. The van der Waals surface area contributed by atoms with Gasteiger partial charge in [0.05, 0.1) is 6.10 Å². The number of carbonyl (C=O) groups excluding carboxylic acids is 1. The fraction of sp³-hybridized carbons (Fsp3) is 0.348. The summed E-state index contributed by atoms with van der Waals surface area (Å²) in [4.78, 5) is 16.4. The molecular weight excluding hydrogens is 336 g/mol. The number of hydrogen-bond acceptors (Lipinski definition) is 3. The third-order valence-electron chi connectivity index (χ3n) is 4.66. The first-order chi connectivity index (χ1) is 12.9. The van der Waals surface area contributed by atoms with Gasteiger partial charge < -0.3 is 10.0 Å². The first kappa shape index (κ1) is 20.9. The van der Waals surface area contributed by atoms with Crippen molar-refractivity contribution >= 4 is 5.91 Å². The molecule has 0 aromatic heterocycles. The normalized spacial score (nSPS) is 23.2. The smallest absolute Gasteiger partial charge is 0.254 e. The summed E-state index contributed by atoms with van der Waals surface area (Å²) in [5.41, 5.74) is 3.76. The van der Waals surface area contributed by atoms with E-state index >= 15 is 0 Å². The molecular formula is C23H30N2O2. The molecule has 0 aromatic rings. The number of β-amino-alcohol motifs (C(OH)–C–C–N with tert-alkyl or cyclic N) is 1. The number of rotatable bonds is 6. The van der Waals surface area contributed by atoms with Gasteiger partial charge in [-0.2, -0.15) is 0 Å². The molecule has 1 N–H and O–H groups in total. The maximum atomic E-state index is 12.5. The molecule has 2 aliphatic rings. The number of aliphatic hydroxyl groups excluding tert-OH is 1. The van der Waals surface area contributed by atoms with Crippen molar-refractivity contribution in [1.82, 2.24) is 9.80 Å². The molecule has 0 fully saturated rings. The Morgan fingerprint density at radius 3 is 2.59 bits per heavy atom. The van der Waals surface area contributed by atoms with Crippen LogP contribution in [0.15, 0.2) is 84.6 Å². The molecule has 144 valence electrons. The van der Waals surface area contributed by atoms with E-state index < -0.39 is 6.10 Å². The van der Waals surface area contributed by atoms with Crippen LogP contribution in [0.5, 0.6) is 0 Å². The Bertz CT molecular complexity index is 725. The van der Waals surface area contributed by atoms with E-state index in [9.17, 15) is 9.90 Å². The molecule has 1 amide bonds. The number of aliphatic hydroxyl groups is 1. The van der Waals surface area contributed by atoms with Crippen LogP contribution < -0.4 is 0 Å². The van der Waals surface area contributed by atoms with Crippen LogP contribution in [0.2, 0.25) is 0 Å². The first-order valence-corrected chi connectivity index (χ1v) is 9.29. The Kier molecular flexibility index (Phi) is 7.77. The van der Waals surface area contributed by atoms with Gasteiger partial charge in [0.15, 0.2) is 0 Å². The summed E-state index contributed by atoms with van der Waals surface area (Å²) in [5.74, 6) is -0.0311. The number of amides is 1. The highest BCUT2D eigenvalue weighted by Crippen LogP contribution is 2.20. The molecule has 27 heavy (non-hydrogen) atoms. The molecule has 0 bridgehead atoms. The molecule has 4 nitrogen and oxygen atoms in total. The molecule has 2 aliphatic heterocycles. The van der Waals surface area contributed by atoms with Crippen molar-refractivity contribution in [2.45, 2.75) is 19.4 Å². The van der Waals surface area contributed by atoms with Gasteiger partial charge in [0.1, 0.15) is 0 Å². The summed E-state index contributed by atoms with van der Waals surface area (Å²) in [5, 5.41) is 10.6. The van der Waals surface area contributed by atoms with Gasteiger partial charge in [-0.15, -0.1) is 0 Å². The average molecular weight is 367 g/mol. The van der Waals surface area contributed by atoms with Crippen molar-refractivity contribution in [2.24, 2.45) is 0 Å². The van der Waals surface area contributed by atoms with E-state index in [4.69, 9.17) is 0 Å². The van der Waals surface area contributed by atoms with Crippen LogP contribution in [0, 0.1) is 0 Å². The highest BCUT2D eigenvalue weighted by atomic mass is 16.3. The number of allylic oxidation sites excluding steroid dienone is 5. The molecule has 0 radical (unpaired) electrons. The minimum absolute atomic E-state index is 0.0311. The van der Waals surface area contributed by atoms with E-state index in [1.54, 1.807) is 23.1 Å². The molecule has 2 rings (SSSR count).